The average Bonchev–Trinajstić information content (AvgIpc) is 2.31. The second-order valence-electron chi connectivity index (χ2n) is 5.23. The van der Waals surface area contributed by atoms with Gasteiger partial charge in [0.1, 0.15) is 0 Å². The zero-order valence-electron chi connectivity index (χ0n) is 11.5. The molecule has 0 aromatic carbocycles. The van der Waals surface area contributed by atoms with Crippen LogP contribution >= 0.6 is 0 Å². The fraction of sp³-hybridized carbons (Fsp3) is 0.917. The number of amides is 2. The number of rotatable bonds is 3. The summed E-state index contributed by atoms with van der Waals surface area (Å²) >= 11 is 0. The van der Waals surface area contributed by atoms with Crippen molar-refractivity contribution in [3.63, 3.8) is 0 Å². The van der Waals surface area contributed by atoms with E-state index in [-0.39, 0.29) is 29.7 Å². The lowest BCUT2D eigenvalue weighted by Crippen LogP contribution is -2.55. The van der Waals surface area contributed by atoms with Gasteiger partial charge in [0.15, 0.2) is 9.84 Å². The molecule has 6 nitrogen and oxygen atoms in total. The number of carbonyl (C=O) groups excluding carboxylic acids is 1. The summed E-state index contributed by atoms with van der Waals surface area (Å²) in [4.78, 5) is 15.6. The van der Waals surface area contributed by atoms with Crippen molar-refractivity contribution >= 4 is 15.9 Å². The molecular weight excluding hydrogens is 268 g/mol. The van der Waals surface area contributed by atoms with Gasteiger partial charge in [-0.25, -0.2) is 13.2 Å². The topological polar surface area (TPSA) is 66.9 Å². The van der Waals surface area contributed by atoms with E-state index in [0.717, 1.165) is 12.8 Å². The van der Waals surface area contributed by atoms with E-state index in [4.69, 9.17) is 4.74 Å². The van der Waals surface area contributed by atoms with Gasteiger partial charge in [-0.05, 0) is 19.8 Å². The largest absolute Gasteiger partial charge is 0.378 e. The van der Waals surface area contributed by atoms with E-state index in [1.807, 2.05) is 6.92 Å². The third-order valence-corrected chi connectivity index (χ3v) is 5.55. The Morgan fingerprint density at radius 1 is 1.32 bits per heavy atom. The molecule has 0 bridgehead atoms. The SMILES string of the molecule is CCOC1CC(N(C)C(=O)N2CCS(=O)(=O)CC2)C1. The number of carbonyl (C=O) groups is 1. The van der Waals surface area contributed by atoms with Crippen LogP contribution in [-0.4, -0.2) is 74.6 Å². The van der Waals surface area contributed by atoms with Gasteiger partial charge in [0.25, 0.3) is 0 Å². The Bertz CT molecular complexity index is 417. The minimum Gasteiger partial charge on any atom is -0.378 e. The molecule has 1 heterocycles. The number of ether oxygens (including phenoxy) is 1. The molecule has 0 N–H and O–H groups in total. The highest BCUT2D eigenvalue weighted by Crippen LogP contribution is 2.28. The van der Waals surface area contributed by atoms with Crippen LogP contribution in [0, 0.1) is 0 Å². The zero-order valence-corrected chi connectivity index (χ0v) is 12.4. The molecule has 0 radical (unpaired) electrons. The van der Waals surface area contributed by atoms with Crippen molar-refractivity contribution in [2.75, 3.05) is 38.2 Å². The fourth-order valence-corrected chi connectivity index (χ4v) is 3.71. The first-order valence-electron chi connectivity index (χ1n) is 6.76. The summed E-state index contributed by atoms with van der Waals surface area (Å²) in [6, 6.07) is 0.164. The van der Waals surface area contributed by atoms with E-state index < -0.39 is 9.84 Å². The maximum atomic E-state index is 12.2. The number of sulfone groups is 1. The summed E-state index contributed by atoms with van der Waals surface area (Å²) in [5.74, 6) is 0.164. The van der Waals surface area contributed by atoms with Crippen LogP contribution in [-0.2, 0) is 14.6 Å². The van der Waals surface area contributed by atoms with Crippen LogP contribution in [0.15, 0.2) is 0 Å². The van der Waals surface area contributed by atoms with Crippen molar-refractivity contribution in [1.29, 1.82) is 0 Å². The molecule has 110 valence electrons. The predicted octanol–water partition coefficient (Wildman–Crippen LogP) is 0.336. The molecule has 1 aliphatic heterocycles. The van der Waals surface area contributed by atoms with Crippen LogP contribution in [0.2, 0.25) is 0 Å². The lowest BCUT2D eigenvalue weighted by atomic mass is 9.88. The van der Waals surface area contributed by atoms with Crippen LogP contribution in [0.4, 0.5) is 4.79 Å². The van der Waals surface area contributed by atoms with Gasteiger partial charge < -0.3 is 14.5 Å². The minimum atomic E-state index is -2.94. The van der Waals surface area contributed by atoms with Crippen molar-refractivity contribution in [3.8, 4) is 0 Å². The first-order valence-corrected chi connectivity index (χ1v) is 8.59. The Kier molecular flexibility index (Phi) is 4.35. The van der Waals surface area contributed by atoms with Gasteiger partial charge in [0, 0.05) is 32.8 Å². The van der Waals surface area contributed by atoms with Crippen molar-refractivity contribution in [3.05, 3.63) is 0 Å². The quantitative estimate of drug-likeness (QED) is 0.751. The molecule has 7 heteroatoms. The van der Waals surface area contributed by atoms with Gasteiger partial charge in [-0.3, -0.25) is 0 Å². The second-order valence-corrected chi connectivity index (χ2v) is 7.54. The molecule has 0 spiro atoms. The highest BCUT2D eigenvalue weighted by atomic mass is 32.2. The lowest BCUT2D eigenvalue weighted by Gasteiger charge is -2.42. The summed E-state index contributed by atoms with van der Waals surface area (Å²) in [6.45, 7) is 3.30. The number of hydrogen-bond donors (Lipinski definition) is 0. The highest BCUT2D eigenvalue weighted by molar-refractivity contribution is 7.91. The van der Waals surface area contributed by atoms with Crippen LogP contribution in [0.1, 0.15) is 19.8 Å². The van der Waals surface area contributed by atoms with Crippen LogP contribution < -0.4 is 0 Å². The molecule has 2 rings (SSSR count). The fourth-order valence-electron chi connectivity index (χ4n) is 2.51. The summed E-state index contributed by atoms with van der Waals surface area (Å²) in [7, 11) is -1.15. The summed E-state index contributed by atoms with van der Waals surface area (Å²) in [5, 5.41) is 0. The van der Waals surface area contributed by atoms with Crippen molar-refractivity contribution in [2.45, 2.75) is 31.9 Å². The Morgan fingerprint density at radius 2 is 1.89 bits per heavy atom. The zero-order chi connectivity index (χ0) is 14.0. The lowest BCUT2D eigenvalue weighted by molar-refractivity contribution is -0.0334. The van der Waals surface area contributed by atoms with Crippen LogP contribution in [0.3, 0.4) is 0 Å². The molecule has 2 aliphatic rings. The summed E-state index contributed by atoms with van der Waals surface area (Å²) < 4.78 is 28.2. The Morgan fingerprint density at radius 3 is 2.42 bits per heavy atom. The van der Waals surface area contributed by atoms with Crippen molar-refractivity contribution in [2.24, 2.45) is 0 Å². The van der Waals surface area contributed by atoms with E-state index in [2.05, 4.69) is 0 Å². The Hall–Kier alpha value is -0.820. The predicted molar refractivity (Wildman–Crippen MR) is 71.8 cm³/mol. The van der Waals surface area contributed by atoms with Gasteiger partial charge in [0.05, 0.1) is 17.6 Å². The van der Waals surface area contributed by atoms with Crippen LogP contribution in [0.25, 0.3) is 0 Å². The van der Waals surface area contributed by atoms with E-state index in [9.17, 15) is 13.2 Å². The normalized spacial score (nSPS) is 29.7. The van der Waals surface area contributed by atoms with Crippen molar-refractivity contribution < 1.29 is 17.9 Å². The molecule has 0 unspecified atom stereocenters. The van der Waals surface area contributed by atoms with Gasteiger partial charge in [0.2, 0.25) is 0 Å². The van der Waals surface area contributed by atoms with E-state index in [0.29, 0.717) is 19.7 Å². The molecule has 2 fully saturated rings. The maximum Gasteiger partial charge on any atom is 0.320 e. The highest BCUT2D eigenvalue weighted by Gasteiger charge is 2.37. The maximum absolute atomic E-state index is 12.2. The minimum absolute atomic E-state index is 0.0603. The molecule has 1 aliphatic carbocycles. The molecular formula is C12H22N2O4S. The van der Waals surface area contributed by atoms with E-state index >= 15 is 0 Å². The number of urea groups is 1. The molecule has 0 aromatic rings. The Labute approximate surface area is 114 Å². The third-order valence-electron chi connectivity index (χ3n) is 3.94. The van der Waals surface area contributed by atoms with Gasteiger partial charge in [-0.1, -0.05) is 0 Å². The number of nitrogens with zero attached hydrogens (tertiary/aromatic N) is 2. The Balaban J connectivity index is 1.81. The molecule has 1 saturated heterocycles. The summed E-state index contributed by atoms with van der Waals surface area (Å²) in [6.07, 6.45) is 2.02. The standard InChI is InChI=1S/C12H22N2O4S/c1-3-18-11-8-10(9-11)13(2)12(15)14-4-6-19(16,17)7-5-14/h10-11H,3-9H2,1-2H3. The van der Waals surface area contributed by atoms with Gasteiger partial charge in [-0.15, -0.1) is 0 Å². The van der Waals surface area contributed by atoms with E-state index in [1.54, 1.807) is 16.8 Å². The van der Waals surface area contributed by atoms with E-state index in [1.165, 1.54) is 0 Å². The van der Waals surface area contributed by atoms with Crippen molar-refractivity contribution in [1.82, 2.24) is 9.80 Å². The first-order chi connectivity index (χ1) is 8.93. The van der Waals surface area contributed by atoms with Gasteiger partial charge in [-0.2, -0.15) is 0 Å². The molecule has 19 heavy (non-hydrogen) atoms. The van der Waals surface area contributed by atoms with Gasteiger partial charge >= 0.3 is 6.03 Å². The molecule has 2 amide bonds. The first kappa shape index (κ1) is 14.6. The molecule has 1 saturated carbocycles. The number of hydrogen-bond acceptors (Lipinski definition) is 4. The average molecular weight is 290 g/mol. The smallest absolute Gasteiger partial charge is 0.320 e. The third kappa shape index (κ3) is 3.39. The molecule has 0 atom stereocenters. The van der Waals surface area contributed by atoms with Crippen LogP contribution in [0.5, 0.6) is 0 Å². The second kappa shape index (κ2) is 5.66. The monoisotopic (exact) mass is 290 g/mol. The molecule has 0 aromatic heterocycles. The summed E-state index contributed by atoms with van der Waals surface area (Å²) in [5.41, 5.74) is 0.